The Labute approximate surface area is 148 Å². The summed E-state index contributed by atoms with van der Waals surface area (Å²) in [5, 5.41) is 5.07. The smallest absolute Gasteiger partial charge is 0.347 e. The van der Waals surface area contributed by atoms with E-state index in [0.29, 0.717) is 27.1 Å². The molecule has 0 aliphatic heterocycles. The van der Waals surface area contributed by atoms with Crippen molar-refractivity contribution < 1.29 is 13.2 Å². The number of hydrogen-bond donors (Lipinski definition) is 0. The van der Waals surface area contributed by atoms with E-state index in [0.717, 1.165) is 4.68 Å². The first kappa shape index (κ1) is 17.0. The quantitative estimate of drug-likeness (QED) is 0.597. The molecule has 9 heteroatoms. The predicted octanol–water partition coefficient (Wildman–Crippen LogP) is 4.17. The van der Waals surface area contributed by atoms with Crippen molar-refractivity contribution in [3.05, 3.63) is 44.9 Å². The van der Waals surface area contributed by atoms with Gasteiger partial charge in [-0.15, -0.1) is 0 Å². The minimum Gasteiger partial charge on any atom is -0.401 e. The average Bonchev–Trinajstić information content (AvgIpc) is 2.90. The standard InChI is InChI=1S/C15H11BrClF2N3O2/c1-7-2-8(17)3-10-13(7)20-14(24-15(10)23)11-4-9(5-16)21-22(11)6-12(18)19/h2-4,12H,5-6H2,1H3. The van der Waals surface area contributed by atoms with Crippen LogP contribution in [0.1, 0.15) is 11.3 Å². The molecular formula is C15H11BrClF2N3O2. The molecule has 2 heterocycles. The van der Waals surface area contributed by atoms with Crippen LogP contribution in [0.3, 0.4) is 0 Å². The Kier molecular flexibility index (Phi) is 4.69. The number of benzene rings is 1. The number of alkyl halides is 3. The summed E-state index contributed by atoms with van der Waals surface area (Å²) in [5.74, 6) is -0.0572. The second kappa shape index (κ2) is 6.60. The summed E-state index contributed by atoms with van der Waals surface area (Å²) in [7, 11) is 0. The zero-order chi connectivity index (χ0) is 17.4. The highest BCUT2D eigenvalue weighted by molar-refractivity contribution is 9.08. The lowest BCUT2D eigenvalue weighted by atomic mass is 10.1. The van der Waals surface area contributed by atoms with Crippen LogP contribution in [0.4, 0.5) is 8.78 Å². The van der Waals surface area contributed by atoms with E-state index in [1.807, 2.05) is 0 Å². The number of halogens is 4. The molecule has 0 amide bonds. The lowest BCUT2D eigenvalue weighted by molar-refractivity contribution is 0.122. The molecule has 24 heavy (non-hydrogen) atoms. The lowest BCUT2D eigenvalue weighted by Crippen LogP contribution is -2.11. The summed E-state index contributed by atoms with van der Waals surface area (Å²) in [5.41, 5.74) is 1.22. The number of hydrogen-bond acceptors (Lipinski definition) is 4. The lowest BCUT2D eigenvalue weighted by Gasteiger charge is -2.07. The van der Waals surface area contributed by atoms with Gasteiger partial charge in [0, 0.05) is 10.4 Å². The molecule has 126 valence electrons. The van der Waals surface area contributed by atoms with E-state index in [9.17, 15) is 13.6 Å². The maximum Gasteiger partial charge on any atom is 0.347 e. The zero-order valence-corrected chi connectivity index (χ0v) is 14.7. The van der Waals surface area contributed by atoms with Crippen molar-refractivity contribution in [1.29, 1.82) is 0 Å². The van der Waals surface area contributed by atoms with Crippen LogP contribution in [0.15, 0.2) is 27.4 Å². The van der Waals surface area contributed by atoms with Gasteiger partial charge in [0.25, 0.3) is 6.43 Å². The summed E-state index contributed by atoms with van der Waals surface area (Å²) >= 11 is 9.17. The van der Waals surface area contributed by atoms with Crippen LogP contribution in [0, 0.1) is 6.92 Å². The van der Waals surface area contributed by atoms with Gasteiger partial charge in [-0.05, 0) is 30.7 Å². The van der Waals surface area contributed by atoms with Crippen molar-refractivity contribution in [1.82, 2.24) is 14.8 Å². The molecule has 0 saturated carbocycles. The van der Waals surface area contributed by atoms with Gasteiger partial charge in [-0.2, -0.15) is 5.10 Å². The van der Waals surface area contributed by atoms with Gasteiger partial charge < -0.3 is 4.42 Å². The molecule has 0 N–H and O–H groups in total. The molecule has 3 aromatic rings. The number of fused-ring (bicyclic) bond motifs is 1. The Morgan fingerprint density at radius 1 is 1.38 bits per heavy atom. The van der Waals surface area contributed by atoms with Crippen molar-refractivity contribution >= 4 is 38.4 Å². The maximum absolute atomic E-state index is 12.8. The van der Waals surface area contributed by atoms with Crippen molar-refractivity contribution in [3.63, 3.8) is 0 Å². The Morgan fingerprint density at radius 3 is 2.79 bits per heavy atom. The highest BCUT2D eigenvalue weighted by Crippen LogP contribution is 2.25. The van der Waals surface area contributed by atoms with Crippen LogP contribution in [0.25, 0.3) is 22.5 Å². The van der Waals surface area contributed by atoms with E-state index in [2.05, 4.69) is 26.0 Å². The molecule has 0 radical (unpaired) electrons. The summed E-state index contributed by atoms with van der Waals surface area (Å²) in [6.07, 6.45) is -2.60. The van der Waals surface area contributed by atoms with Crippen LogP contribution >= 0.6 is 27.5 Å². The normalized spacial score (nSPS) is 11.6. The average molecular weight is 419 g/mol. The van der Waals surface area contributed by atoms with E-state index < -0.39 is 18.6 Å². The second-order valence-corrected chi connectivity index (χ2v) is 6.15. The van der Waals surface area contributed by atoms with Gasteiger partial charge in [0.05, 0.1) is 16.6 Å². The van der Waals surface area contributed by atoms with Crippen LogP contribution in [-0.2, 0) is 11.9 Å². The Bertz CT molecular complexity index is 971. The van der Waals surface area contributed by atoms with Gasteiger partial charge in [-0.1, -0.05) is 27.5 Å². The van der Waals surface area contributed by atoms with Crippen molar-refractivity contribution in [2.45, 2.75) is 25.2 Å². The number of nitrogens with zero attached hydrogens (tertiary/aromatic N) is 3. The molecule has 3 rings (SSSR count). The van der Waals surface area contributed by atoms with Gasteiger partial charge in [-0.25, -0.2) is 18.6 Å². The fourth-order valence-electron chi connectivity index (χ4n) is 2.39. The van der Waals surface area contributed by atoms with Crippen LogP contribution in [0.5, 0.6) is 0 Å². The fraction of sp³-hybridized carbons (Fsp3) is 0.267. The van der Waals surface area contributed by atoms with E-state index >= 15 is 0 Å². The third kappa shape index (κ3) is 3.21. The SMILES string of the molecule is Cc1cc(Cl)cc2c(=O)oc(-c3cc(CBr)nn3CC(F)F)nc12. The molecule has 0 spiro atoms. The largest absolute Gasteiger partial charge is 0.401 e. The molecule has 0 saturated heterocycles. The van der Waals surface area contributed by atoms with Crippen LogP contribution < -0.4 is 5.63 Å². The van der Waals surface area contributed by atoms with Gasteiger partial charge >= 0.3 is 5.63 Å². The fourth-order valence-corrected chi connectivity index (χ4v) is 2.94. The summed E-state index contributed by atoms with van der Waals surface area (Å²) in [6, 6.07) is 4.69. The van der Waals surface area contributed by atoms with Gasteiger partial charge in [-0.3, -0.25) is 4.68 Å². The molecule has 2 aromatic heterocycles. The molecule has 0 atom stereocenters. The van der Waals surface area contributed by atoms with E-state index in [1.54, 1.807) is 19.1 Å². The molecular weight excluding hydrogens is 408 g/mol. The highest BCUT2D eigenvalue weighted by Gasteiger charge is 2.18. The van der Waals surface area contributed by atoms with Crippen molar-refractivity contribution in [2.24, 2.45) is 0 Å². The van der Waals surface area contributed by atoms with Gasteiger partial charge in [0.1, 0.15) is 12.2 Å². The first-order chi connectivity index (χ1) is 11.4. The third-order valence-electron chi connectivity index (χ3n) is 3.39. The van der Waals surface area contributed by atoms with E-state index in [4.69, 9.17) is 16.0 Å². The first-order valence-electron chi connectivity index (χ1n) is 6.91. The molecule has 0 aliphatic carbocycles. The number of aryl methyl sites for hydroxylation is 1. The number of aromatic nitrogens is 3. The minimum atomic E-state index is -2.60. The Morgan fingerprint density at radius 2 is 2.12 bits per heavy atom. The molecule has 0 fully saturated rings. The monoisotopic (exact) mass is 417 g/mol. The molecule has 1 aromatic carbocycles. The molecule has 5 nitrogen and oxygen atoms in total. The van der Waals surface area contributed by atoms with Crippen LogP contribution in [0.2, 0.25) is 5.02 Å². The number of rotatable bonds is 4. The predicted molar refractivity (Wildman–Crippen MR) is 89.9 cm³/mol. The topological polar surface area (TPSA) is 60.9 Å². The Hall–Kier alpha value is -1.80. The summed E-state index contributed by atoms with van der Waals surface area (Å²) in [6.45, 7) is 1.14. The van der Waals surface area contributed by atoms with Crippen LogP contribution in [-0.4, -0.2) is 21.2 Å². The molecule has 0 aliphatic rings. The second-order valence-electron chi connectivity index (χ2n) is 5.15. The third-order valence-corrected chi connectivity index (χ3v) is 4.18. The zero-order valence-electron chi connectivity index (χ0n) is 12.4. The van der Waals surface area contributed by atoms with Gasteiger partial charge in [0.2, 0.25) is 5.89 Å². The molecule has 0 bridgehead atoms. The summed E-state index contributed by atoms with van der Waals surface area (Å²) < 4.78 is 31.8. The molecule has 0 unspecified atom stereocenters. The Balaban J connectivity index is 2.23. The summed E-state index contributed by atoms with van der Waals surface area (Å²) in [4.78, 5) is 16.6. The van der Waals surface area contributed by atoms with Crippen molar-refractivity contribution in [2.75, 3.05) is 0 Å². The maximum atomic E-state index is 12.8. The van der Waals surface area contributed by atoms with E-state index in [1.165, 1.54) is 6.07 Å². The van der Waals surface area contributed by atoms with Crippen molar-refractivity contribution in [3.8, 4) is 11.6 Å². The van der Waals surface area contributed by atoms with E-state index in [-0.39, 0.29) is 17.0 Å². The highest BCUT2D eigenvalue weighted by atomic mass is 79.9. The minimum absolute atomic E-state index is 0.0572. The first-order valence-corrected chi connectivity index (χ1v) is 8.41. The van der Waals surface area contributed by atoms with Gasteiger partial charge in [0.15, 0.2) is 0 Å².